The first-order chi connectivity index (χ1) is 11.6. The number of likely N-dealkylation sites (N-methyl/N-ethyl adjacent to an activating group) is 1. The van der Waals surface area contributed by atoms with E-state index in [4.69, 9.17) is 4.74 Å². The minimum absolute atomic E-state index is 0. The van der Waals surface area contributed by atoms with E-state index < -0.39 is 0 Å². The molecule has 6 nitrogen and oxygen atoms in total. The highest BCUT2D eigenvalue weighted by Crippen LogP contribution is 2.12. The molecule has 1 fully saturated rings. The van der Waals surface area contributed by atoms with E-state index in [9.17, 15) is 4.79 Å². The van der Waals surface area contributed by atoms with Gasteiger partial charge in [-0.2, -0.15) is 0 Å². The van der Waals surface area contributed by atoms with Crippen LogP contribution >= 0.6 is 24.0 Å². The molecule has 0 aliphatic carbocycles. The summed E-state index contributed by atoms with van der Waals surface area (Å²) < 4.78 is 5.64. The molecule has 2 rings (SSSR count). The fourth-order valence-electron chi connectivity index (χ4n) is 2.49. The molecule has 0 radical (unpaired) electrons. The fraction of sp³-hybridized carbons (Fsp3) is 0.556. The van der Waals surface area contributed by atoms with Gasteiger partial charge in [0, 0.05) is 27.2 Å². The second-order valence-electron chi connectivity index (χ2n) is 6.25. The number of ether oxygens (including phenoxy) is 1. The van der Waals surface area contributed by atoms with Crippen molar-refractivity contribution < 1.29 is 9.53 Å². The molecule has 7 heteroatoms. The van der Waals surface area contributed by atoms with Crippen molar-refractivity contribution in [3.05, 3.63) is 35.9 Å². The van der Waals surface area contributed by atoms with Crippen molar-refractivity contribution in [2.45, 2.75) is 31.9 Å². The Morgan fingerprint density at radius 1 is 1.36 bits per heavy atom. The monoisotopic (exact) mass is 460 g/mol. The summed E-state index contributed by atoms with van der Waals surface area (Å²) in [5, 5.41) is 6.66. The zero-order valence-corrected chi connectivity index (χ0v) is 17.5. The molecule has 0 aromatic heterocycles. The first-order valence-electron chi connectivity index (χ1n) is 8.48. The molecule has 25 heavy (non-hydrogen) atoms. The quantitative estimate of drug-likeness (QED) is 0.388. The Morgan fingerprint density at radius 3 is 2.68 bits per heavy atom. The van der Waals surface area contributed by atoms with Gasteiger partial charge in [0.1, 0.15) is 6.54 Å². The fourth-order valence-corrected chi connectivity index (χ4v) is 2.49. The van der Waals surface area contributed by atoms with Crippen LogP contribution in [0, 0.1) is 0 Å². The number of benzene rings is 1. The molecular weight excluding hydrogens is 431 g/mol. The van der Waals surface area contributed by atoms with Gasteiger partial charge in [0.2, 0.25) is 5.91 Å². The first-order valence-corrected chi connectivity index (χ1v) is 8.48. The Morgan fingerprint density at radius 2 is 2.08 bits per heavy atom. The number of guanidine groups is 1. The molecule has 2 atom stereocenters. The minimum Gasteiger partial charge on any atom is -0.376 e. The van der Waals surface area contributed by atoms with Gasteiger partial charge in [-0.3, -0.25) is 4.79 Å². The average molecular weight is 460 g/mol. The van der Waals surface area contributed by atoms with Gasteiger partial charge in [0.25, 0.3) is 0 Å². The Kier molecular flexibility index (Phi) is 9.81. The van der Waals surface area contributed by atoms with E-state index >= 15 is 0 Å². The van der Waals surface area contributed by atoms with Gasteiger partial charge in [0.15, 0.2) is 5.96 Å². The van der Waals surface area contributed by atoms with Gasteiger partial charge in [-0.05, 0) is 25.3 Å². The molecule has 1 aromatic rings. The third-order valence-corrected chi connectivity index (χ3v) is 4.05. The number of hydrogen-bond donors (Lipinski definition) is 2. The molecule has 1 amide bonds. The van der Waals surface area contributed by atoms with Crippen molar-refractivity contribution in [1.29, 1.82) is 0 Å². The van der Waals surface area contributed by atoms with Gasteiger partial charge in [-0.25, -0.2) is 4.99 Å². The smallest absolute Gasteiger partial charge is 0.243 e. The number of amides is 1. The third-order valence-electron chi connectivity index (χ3n) is 4.05. The van der Waals surface area contributed by atoms with Gasteiger partial charge >= 0.3 is 0 Å². The normalized spacial score (nSPS) is 18.2. The van der Waals surface area contributed by atoms with Crippen molar-refractivity contribution in [3.8, 4) is 0 Å². The van der Waals surface area contributed by atoms with Crippen LogP contribution in [0.3, 0.4) is 0 Å². The number of halogens is 1. The number of nitrogens with zero attached hydrogens (tertiary/aromatic N) is 2. The molecule has 1 aliphatic heterocycles. The number of carbonyl (C=O) groups excluding carboxylic acids is 1. The van der Waals surface area contributed by atoms with E-state index in [1.54, 1.807) is 19.0 Å². The molecule has 1 aliphatic rings. The lowest BCUT2D eigenvalue weighted by molar-refractivity contribution is -0.127. The second kappa shape index (κ2) is 11.3. The van der Waals surface area contributed by atoms with Gasteiger partial charge in [-0.1, -0.05) is 30.3 Å². The molecular formula is C18H29IN4O2. The zero-order valence-electron chi connectivity index (χ0n) is 15.2. The number of aliphatic imine (C=N–C) groups is 1. The lowest BCUT2D eigenvalue weighted by Crippen LogP contribution is -2.42. The zero-order chi connectivity index (χ0) is 17.4. The summed E-state index contributed by atoms with van der Waals surface area (Å²) in [5.74, 6) is 0.609. The van der Waals surface area contributed by atoms with Crippen LogP contribution in [0.25, 0.3) is 0 Å². The molecule has 2 unspecified atom stereocenters. The van der Waals surface area contributed by atoms with Gasteiger partial charge in [0.05, 0.1) is 12.1 Å². The van der Waals surface area contributed by atoms with E-state index in [-0.39, 0.29) is 48.6 Å². The first kappa shape index (κ1) is 21.7. The van der Waals surface area contributed by atoms with Crippen LogP contribution in [0.1, 0.15) is 31.4 Å². The predicted octanol–water partition coefficient (Wildman–Crippen LogP) is 2.17. The van der Waals surface area contributed by atoms with Crippen molar-refractivity contribution in [2.75, 3.05) is 33.8 Å². The van der Waals surface area contributed by atoms with E-state index in [1.165, 1.54) is 5.56 Å². The summed E-state index contributed by atoms with van der Waals surface area (Å²) >= 11 is 0. The van der Waals surface area contributed by atoms with Gasteiger partial charge in [-0.15, -0.1) is 24.0 Å². The number of carbonyl (C=O) groups is 1. The highest BCUT2D eigenvalue weighted by Gasteiger charge is 2.16. The lowest BCUT2D eigenvalue weighted by atomic mass is 10.1. The van der Waals surface area contributed by atoms with E-state index in [0.717, 1.165) is 19.4 Å². The van der Waals surface area contributed by atoms with Crippen LogP contribution in [-0.2, 0) is 9.53 Å². The second-order valence-corrected chi connectivity index (χ2v) is 6.25. The number of rotatable bonds is 6. The molecule has 0 bridgehead atoms. The topological polar surface area (TPSA) is 66.0 Å². The van der Waals surface area contributed by atoms with Crippen molar-refractivity contribution >= 4 is 35.8 Å². The van der Waals surface area contributed by atoms with Gasteiger partial charge < -0.3 is 20.3 Å². The summed E-state index contributed by atoms with van der Waals surface area (Å²) in [6, 6.07) is 10.3. The summed E-state index contributed by atoms with van der Waals surface area (Å²) in [7, 11) is 3.47. The standard InChI is InChI=1S/C18H28N4O2.HI/c1-14(15-8-5-4-6-9-15)21-18(20-13-17(23)22(2)3)19-12-16-10-7-11-24-16;/h4-6,8-9,14,16H,7,10-13H2,1-3H3,(H2,19,20,21);1H. The van der Waals surface area contributed by atoms with Crippen molar-refractivity contribution in [2.24, 2.45) is 4.99 Å². The van der Waals surface area contributed by atoms with Crippen LogP contribution < -0.4 is 10.6 Å². The van der Waals surface area contributed by atoms with E-state index in [1.807, 2.05) is 18.2 Å². The third kappa shape index (κ3) is 7.60. The van der Waals surface area contributed by atoms with Crippen LogP contribution in [0.15, 0.2) is 35.3 Å². The number of nitrogens with one attached hydrogen (secondary N) is 2. The molecule has 140 valence electrons. The Hall–Kier alpha value is -1.35. The van der Waals surface area contributed by atoms with Crippen molar-refractivity contribution in [1.82, 2.24) is 15.5 Å². The summed E-state index contributed by atoms with van der Waals surface area (Å²) in [4.78, 5) is 17.8. The maximum Gasteiger partial charge on any atom is 0.243 e. The summed E-state index contributed by atoms with van der Waals surface area (Å²) in [6.45, 7) is 3.72. The Labute approximate surface area is 167 Å². The number of hydrogen-bond acceptors (Lipinski definition) is 3. The van der Waals surface area contributed by atoms with Crippen LogP contribution in [0.4, 0.5) is 0 Å². The molecule has 1 aromatic carbocycles. The average Bonchev–Trinajstić information content (AvgIpc) is 3.11. The van der Waals surface area contributed by atoms with Crippen LogP contribution in [0.2, 0.25) is 0 Å². The SMILES string of the molecule is CC(NC(=NCC(=O)N(C)C)NCC1CCCO1)c1ccccc1.I. The summed E-state index contributed by atoms with van der Waals surface area (Å²) in [6.07, 6.45) is 2.38. The lowest BCUT2D eigenvalue weighted by Gasteiger charge is -2.20. The predicted molar refractivity (Wildman–Crippen MR) is 111 cm³/mol. The molecule has 0 saturated carbocycles. The van der Waals surface area contributed by atoms with E-state index in [2.05, 4.69) is 34.7 Å². The van der Waals surface area contributed by atoms with Crippen LogP contribution in [-0.4, -0.2) is 56.7 Å². The highest BCUT2D eigenvalue weighted by molar-refractivity contribution is 14.0. The van der Waals surface area contributed by atoms with E-state index in [0.29, 0.717) is 12.5 Å². The molecule has 2 N–H and O–H groups in total. The Bertz CT molecular complexity index is 545. The minimum atomic E-state index is -0.0272. The molecule has 1 saturated heterocycles. The summed E-state index contributed by atoms with van der Waals surface area (Å²) in [5.41, 5.74) is 1.17. The maximum absolute atomic E-state index is 11.8. The Balaban J connectivity index is 0.00000312. The highest BCUT2D eigenvalue weighted by atomic mass is 127. The van der Waals surface area contributed by atoms with Crippen molar-refractivity contribution in [3.63, 3.8) is 0 Å². The maximum atomic E-state index is 11.8. The molecule has 1 heterocycles. The van der Waals surface area contributed by atoms with Crippen LogP contribution in [0.5, 0.6) is 0 Å². The largest absolute Gasteiger partial charge is 0.376 e. The molecule has 0 spiro atoms.